The molecule has 0 nitrogen and oxygen atoms in total. The molecule has 1 radical (unpaired) electrons. The largest absolute Gasteiger partial charge is 0.0885 e. The molecule has 0 amide bonds. The molecule has 0 N–H and O–H groups in total. The van der Waals surface area contributed by atoms with Crippen LogP contribution in [-0.4, -0.2) is 0 Å². The van der Waals surface area contributed by atoms with Crippen LogP contribution in [0.1, 0.15) is 200 Å². The summed E-state index contributed by atoms with van der Waals surface area (Å²) in [5.41, 5.74) is 0. The minimum Gasteiger partial charge on any atom is -0.0885 e. The quantitative estimate of drug-likeness (QED) is 0.0654. The van der Waals surface area contributed by atoms with Crippen molar-refractivity contribution in [3.8, 4) is 0 Å². The van der Waals surface area contributed by atoms with Crippen LogP contribution in [0.2, 0.25) is 0 Å². The van der Waals surface area contributed by atoms with Gasteiger partial charge >= 0.3 is 0 Å². The molecule has 0 aromatic carbocycles. The van der Waals surface area contributed by atoms with Crippen molar-refractivity contribution in [3.63, 3.8) is 0 Å². The second kappa shape index (κ2) is 34.5. The lowest BCUT2D eigenvalue weighted by Crippen LogP contribution is -1.83. The number of hydrogen-bond acceptors (Lipinski definition) is 0. The lowest BCUT2D eigenvalue weighted by Gasteiger charge is -2.03. The van der Waals surface area contributed by atoms with Crippen molar-refractivity contribution in [2.45, 2.75) is 200 Å². The summed E-state index contributed by atoms with van der Waals surface area (Å²) in [6.07, 6.45) is 52.9. The number of unbranched alkanes of at least 4 members (excludes halogenated alkanes) is 27. The van der Waals surface area contributed by atoms with E-state index in [-0.39, 0.29) is 0 Å². The summed E-state index contributed by atoms with van der Waals surface area (Å²) in [7, 11) is 0. The molecule has 0 rings (SSSR count). The maximum Gasteiger partial charge on any atom is -0.0171 e. The smallest absolute Gasteiger partial charge is 0.0171 e. The van der Waals surface area contributed by atoms with Crippen LogP contribution in [0.15, 0.2) is 24.3 Å². The van der Waals surface area contributed by atoms with E-state index in [4.69, 9.17) is 0 Å². The van der Waals surface area contributed by atoms with Crippen LogP contribution in [0, 0.1) is 6.42 Å². The Morgan fingerprint density at radius 1 is 0.278 bits per heavy atom. The molecule has 0 atom stereocenters. The van der Waals surface area contributed by atoms with E-state index in [0.717, 1.165) is 0 Å². The van der Waals surface area contributed by atoms with Gasteiger partial charge in [-0.15, -0.1) is 0 Å². The standard InChI is InChI=1S/C36H69/c1-3-5-7-9-11-13-15-17-19-21-23-25-27-29-31-33-35-36-34-32-30-28-26-24-22-20-18-16-14-12-10-8-6-4-2/h17,19,34-36H,3-16,18,20-33H2,1-2H3/b19-17-,36-34?. The molecule has 0 heteroatoms. The molecule has 0 saturated carbocycles. The summed E-state index contributed by atoms with van der Waals surface area (Å²) >= 11 is 0. The normalized spacial score (nSPS) is 11.9. The Morgan fingerprint density at radius 3 is 0.917 bits per heavy atom. The first kappa shape index (κ1) is 35.5. The molecular weight excluding hydrogens is 432 g/mol. The maximum absolute atomic E-state index is 2.43. The Balaban J connectivity index is 3.12. The van der Waals surface area contributed by atoms with Crippen LogP contribution in [0.25, 0.3) is 0 Å². The Hall–Kier alpha value is -0.520. The zero-order valence-corrected chi connectivity index (χ0v) is 25.4. The van der Waals surface area contributed by atoms with Gasteiger partial charge in [0, 0.05) is 0 Å². The van der Waals surface area contributed by atoms with Crippen LogP contribution in [-0.2, 0) is 0 Å². The van der Waals surface area contributed by atoms with Gasteiger partial charge in [-0.2, -0.15) is 0 Å². The third-order valence-corrected chi connectivity index (χ3v) is 7.63. The third-order valence-electron chi connectivity index (χ3n) is 7.63. The highest BCUT2D eigenvalue weighted by atomic mass is 14.0. The first-order chi connectivity index (χ1) is 17.9. The van der Waals surface area contributed by atoms with E-state index >= 15 is 0 Å². The van der Waals surface area contributed by atoms with Gasteiger partial charge in [-0.25, -0.2) is 0 Å². The van der Waals surface area contributed by atoms with Crippen LogP contribution in [0.5, 0.6) is 0 Å². The monoisotopic (exact) mass is 502 g/mol. The lowest BCUT2D eigenvalue weighted by molar-refractivity contribution is 0.536. The zero-order valence-electron chi connectivity index (χ0n) is 25.4. The lowest BCUT2D eigenvalue weighted by atomic mass is 10.0. The third kappa shape index (κ3) is 33.5. The molecule has 0 spiro atoms. The number of allylic oxidation sites excluding steroid dienone is 4. The van der Waals surface area contributed by atoms with Crippen LogP contribution in [0.3, 0.4) is 0 Å². The molecule has 0 aliphatic rings. The van der Waals surface area contributed by atoms with Crippen molar-refractivity contribution >= 4 is 0 Å². The van der Waals surface area contributed by atoms with Gasteiger partial charge in [0.2, 0.25) is 0 Å². The van der Waals surface area contributed by atoms with Crippen LogP contribution >= 0.6 is 0 Å². The second-order valence-corrected chi connectivity index (χ2v) is 11.4. The van der Waals surface area contributed by atoms with Crippen molar-refractivity contribution in [2.75, 3.05) is 0 Å². The summed E-state index contributed by atoms with van der Waals surface area (Å²) in [4.78, 5) is 0. The van der Waals surface area contributed by atoms with Gasteiger partial charge in [-0.05, 0) is 51.4 Å². The van der Waals surface area contributed by atoms with Crippen molar-refractivity contribution < 1.29 is 0 Å². The van der Waals surface area contributed by atoms with Gasteiger partial charge in [0.1, 0.15) is 0 Å². The van der Waals surface area contributed by atoms with Gasteiger partial charge in [-0.1, -0.05) is 179 Å². The second-order valence-electron chi connectivity index (χ2n) is 11.4. The summed E-state index contributed by atoms with van der Waals surface area (Å²) < 4.78 is 0. The maximum atomic E-state index is 2.43. The molecule has 0 aliphatic carbocycles. The fraction of sp³-hybridized carbons (Fsp3) is 0.861. The SMILES string of the molecule is CCCCCCCC/C=C\CCCCCCC[CH]C=CCCCCCCCCCCCCCCCC. The molecule has 0 aliphatic heterocycles. The number of rotatable bonds is 31. The Morgan fingerprint density at radius 2 is 0.556 bits per heavy atom. The van der Waals surface area contributed by atoms with Crippen LogP contribution in [0.4, 0.5) is 0 Å². The van der Waals surface area contributed by atoms with E-state index in [9.17, 15) is 0 Å². The topological polar surface area (TPSA) is 0 Å². The Kier molecular flexibility index (Phi) is 34.0. The average Bonchev–Trinajstić information content (AvgIpc) is 2.89. The van der Waals surface area contributed by atoms with Crippen LogP contribution < -0.4 is 0 Å². The van der Waals surface area contributed by atoms with Crippen molar-refractivity contribution in [1.29, 1.82) is 0 Å². The predicted octanol–water partition coefficient (Wildman–Crippen LogP) is 13.7. The van der Waals surface area contributed by atoms with E-state index in [1.807, 2.05) is 0 Å². The Bertz CT molecular complexity index is 418. The van der Waals surface area contributed by atoms with Crippen molar-refractivity contribution in [2.24, 2.45) is 0 Å². The predicted molar refractivity (Wildman–Crippen MR) is 168 cm³/mol. The molecule has 0 saturated heterocycles. The molecule has 213 valence electrons. The van der Waals surface area contributed by atoms with Gasteiger partial charge in [0.05, 0.1) is 0 Å². The fourth-order valence-corrected chi connectivity index (χ4v) is 5.08. The summed E-state index contributed by atoms with van der Waals surface area (Å²) in [6, 6.07) is 0. The molecular formula is C36H69. The summed E-state index contributed by atoms with van der Waals surface area (Å²) in [6.45, 7) is 4.60. The molecule has 0 unspecified atom stereocenters. The molecule has 0 heterocycles. The van der Waals surface area contributed by atoms with Gasteiger partial charge in [0.25, 0.3) is 0 Å². The van der Waals surface area contributed by atoms with Gasteiger partial charge in [-0.3, -0.25) is 0 Å². The fourth-order valence-electron chi connectivity index (χ4n) is 5.08. The van der Waals surface area contributed by atoms with E-state index < -0.39 is 0 Å². The van der Waals surface area contributed by atoms with Crippen molar-refractivity contribution in [1.82, 2.24) is 0 Å². The Labute approximate surface area is 230 Å². The highest BCUT2D eigenvalue weighted by Gasteiger charge is 1.94. The first-order valence-corrected chi connectivity index (χ1v) is 17.0. The van der Waals surface area contributed by atoms with E-state index in [1.54, 1.807) is 0 Å². The highest BCUT2D eigenvalue weighted by molar-refractivity contribution is 4.94. The van der Waals surface area contributed by atoms with E-state index in [1.165, 1.54) is 186 Å². The average molecular weight is 502 g/mol. The summed E-state index contributed by atoms with van der Waals surface area (Å²) in [5, 5.41) is 0. The molecule has 0 aromatic rings. The van der Waals surface area contributed by atoms with Gasteiger partial charge < -0.3 is 0 Å². The molecule has 36 heavy (non-hydrogen) atoms. The van der Waals surface area contributed by atoms with Crippen molar-refractivity contribution in [3.05, 3.63) is 30.7 Å². The van der Waals surface area contributed by atoms with E-state index in [2.05, 4.69) is 44.6 Å². The van der Waals surface area contributed by atoms with E-state index in [0.29, 0.717) is 0 Å². The highest BCUT2D eigenvalue weighted by Crippen LogP contribution is 2.14. The molecule has 0 bridgehead atoms. The summed E-state index contributed by atoms with van der Waals surface area (Å²) in [5.74, 6) is 0. The minimum absolute atomic E-state index is 1.27. The molecule has 0 aromatic heterocycles. The number of hydrogen-bond donors (Lipinski definition) is 0. The first-order valence-electron chi connectivity index (χ1n) is 17.0. The zero-order chi connectivity index (χ0) is 26.0. The molecule has 0 fully saturated rings. The van der Waals surface area contributed by atoms with Gasteiger partial charge in [0.15, 0.2) is 0 Å². The minimum atomic E-state index is 1.27.